The molecule has 1 N–H and O–H groups in total. The van der Waals surface area contributed by atoms with E-state index in [2.05, 4.69) is 32.9 Å². The molecule has 1 aromatic rings. The molecule has 1 aromatic carbocycles. The molecule has 5 nitrogen and oxygen atoms in total. The Hall–Kier alpha value is -1.73. The summed E-state index contributed by atoms with van der Waals surface area (Å²) < 4.78 is 0.963. The van der Waals surface area contributed by atoms with E-state index in [4.69, 9.17) is 5.41 Å². The van der Waals surface area contributed by atoms with Crippen LogP contribution in [0.4, 0.5) is 0 Å². The smallest absolute Gasteiger partial charge is 0.282 e. The third kappa shape index (κ3) is 2.91. The molecule has 2 heterocycles. The Kier molecular flexibility index (Phi) is 4.26. The summed E-state index contributed by atoms with van der Waals surface area (Å²) in [5.74, 6) is -0.309. The van der Waals surface area contributed by atoms with Crippen LogP contribution in [0.5, 0.6) is 0 Å². The van der Waals surface area contributed by atoms with Gasteiger partial charge in [0.15, 0.2) is 5.84 Å². The van der Waals surface area contributed by atoms with Crippen molar-refractivity contribution in [2.24, 2.45) is 10.1 Å². The summed E-state index contributed by atoms with van der Waals surface area (Å²) in [6.45, 7) is 2.07. The SMILES string of the molecule is CCCC1=NN2C(=N)/C(=C/c3ccc(Br)cc3)C(=O)N=C2S1. The number of amidine groups is 2. The summed E-state index contributed by atoms with van der Waals surface area (Å²) in [4.78, 5) is 16.2. The van der Waals surface area contributed by atoms with E-state index in [0.717, 1.165) is 27.9 Å². The van der Waals surface area contributed by atoms with Crippen molar-refractivity contribution in [2.75, 3.05) is 0 Å². The topological polar surface area (TPSA) is 68.9 Å². The number of amides is 1. The first kappa shape index (κ1) is 15.2. The summed E-state index contributed by atoms with van der Waals surface area (Å²) in [6.07, 6.45) is 3.47. The van der Waals surface area contributed by atoms with Crippen molar-refractivity contribution in [2.45, 2.75) is 19.8 Å². The van der Waals surface area contributed by atoms with Crippen molar-refractivity contribution in [1.82, 2.24) is 5.01 Å². The lowest BCUT2D eigenvalue weighted by molar-refractivity contribution is -0.114. The number of thioether (sulfide) groups is 1. The molecule has 0 bridgehead atoms. The van der Waals surface area contributed by atoms with Crippen molar-refractivity contribution >= 4 is 55.7 Å². The second-order valence-corrected chi connectivity index (χ2v) is 6.77. The van der Waals surface area contributed by atoms with Gasteiger partial charge in [-0.25, -0.2) is 0 Å². The molecule has 0 spiro atoms. The number of hydrazone groups is 1. The average Bonchev–Trinajstić information content (AvgIpc) is 2.88. The number of carbonyl (C=O) groups excluding carboxylic acids is 1. The van der Waals surface area contributed by atoms with Crippen LogP contribution in [-0.2, 0) is 4.79 Å². The van der Waals surface area contributed by atoms with E-state index in [1.165, 1.54) is 16.8 Å². The number of aliphatic imine (C=N–C) groups is 1. The van der Waals surface area contributed by atoms with E-state index in [1.54, 1.807) is 6.08 Å². The van der Waals surface area contributed by atoms with Gasteiger partial charge in [0, 0.05) is 4.47 Å². The van der Waals surface area contributed by atoms with E-state index in [9.17, 15) is 4.79 Å². The van der Waals surface area contributed by atoms with Gasteiger partial charge in [-0.15, -0.1) is 0 Å². The van der Waals surface area contributed by atoms with Gasteiger partial charge in [0.2, 0.25) is 5.17 Å². The van der Waals surface area contributed by atoms with Gasteiger partial charge in [0.25, 0.3) is 5.91 Å². The molecule has 0 fully saturated rings. The van der Waals surface area contributed by atoms with E-state index in [0.29, 0.717) is 5.17 Å². The molecule has 0 aliphatic carbocycles. The van der Waals surface area contributed by atoms with Crippen LogP contribution in [0.2, 0.25) is 0 Å². The molecule has 0 unspecified atom stereocenters. The number of carbonyl (C=O) groups is 1. The average molecular weight is 377 g/mol. The fraction of sp³-hybridized carbons (Fsp3) is 0.200. The molecule has 0 atom stereocenters. The van der Waals surface area contributed by atoms with E-state index in [-0.39, 0.29) is 17.3 Å². The van der Waals surface area contributed by atoms with Crippen LogP contribution in [0.1, 0.15) is 25.3 Å². The number of nitrogens with one attached hydrogen (secondary N) is 1. The maximum absolute atomic E-state index is 12.2. The first-order chi connectivity index (χ1) is 10.6. The summed E-state index contributed by atoms with van der Waals surface area (Å²) in [7, 11) is 0. The van der Waals surface area contributed by atoms with Crippen LogP contribution >= 0.6 is 27.7 Å². The number of hydrogen-bond acceptors (Lipinski definition) is 4. The molecular weight excluding hydrogens is 364 g/mol. The normalized spacial score (nSPS) is 19.4. The number of halogens is 1. The fourth-order valence-electron chi connectivity index (χ4n) is 2.07. The molecule has 3 rings (SSSR count). The van der Waals surface area contributed by atoms with E-state index in [1.807, 2.05) is 24.3 Å². The van der Waals surface area contributed by atoms with Gasteiger partial charge in [-0.3, -0.25) is 10.2 Å². The van der Waals surface area contributed by atoms with E-state index >= 15 is 0 Å². The third-order valence-corrected chi connectivity index (χ3v) is 4.64. The molecule has 0 saturated heterocycles. The number of nitrogens with zero attached hydrogens (tertiary/aromatic N) is 3. The van der Waals surface area contributed by atoms with Crippen LogP contribution in [-0.4, -0.2) is 27.0 Å². The monoisotopic (exact) mass is 376 g/mol. The lowest BCUT2D eigenvalue weighted by atomic mass is 10.1. The lowest BCUT2D eigenvalue weighted by Crippen LogP contribution is -2.35. The van der Waals surface area contributed by atoms with Crippen molar-refractivity contribution < 1.29 is 4.79 Å². The lowest BCUT2D eigenvalue weighted by Gasteiger charge is -2.20. The van der Waals surface area contributed by atoms with Crippen molar-refractivity contribution in [3.63, 3.8) is 0 Å². The molecule has 2 aliphatic rings. The minimum atomic E-state index is -0.389. The molecule has 0 saturated carbocycles. The third-order valence-electron chi connectivity index (χ3n) is 3.14. The predicted molar refractivity (Wildman–Crippen MR) is 94.1 cm³/mol. The van der Waals surface area contributed by atoms with Crippen LogP contribution in [0, 0.1) is 5.41 Å². The molecule has 0 aromatic heterocycles. The highest BCUT2D eigenvalue weighted by atomic mass is 79.9. The number of benzene rings is 1. The van der Waals surface area contributed by atoms with Gasteiger partial charge >= 0.3 is 0 Å². The van der Waals surface area contributed by atoms with Gasteiger partial charge < -0.3 is 0 Å². The second kappa shape index (κ2) is 6.18. The van der Waals surface area contributed by atoms with Crippen molar-refractivity contribution in [3.05, 3.63) is 39.9 Å². The number of rotatable bonds is 3. The highest BCUT2D eigenvalue weighted by molar-refractivity contribution is 9.10. The van der Waals surface area contributed by atoms with Crippen LogP contribution in [0.3, 0.4) is 0 Å². The van der Waals surface area contributed by atoms with Gasteiger partial charge in [0.05, 0.1) is 5.57 Å². The first-order valence-corrected chi connectivity index (χ1v) is 8.44. The Morgan fingerprint density at radius 2 is 2.09 bits per heavy atom. The molecule has 22 heavy (non-hydrogen) atoms. The quantitative estimate of drug-likeness (QED) is 0.813. The second-order valence-electron chi connectivity index (χ2n) is 4.82. The van der Waals surface area contributed by atoms with Gasteiger partial charge in [-0.1, -0.05) is 35.0 Å². The van der Waals surface area contributed by atoms with E-state index < -0.39 is 0 Å². The van der Waals surface area contributed by atoms with Gasteiger partial charge in [0.1, 0.15) is 5.04 Å². The Labute approximate surface area is 140 Å². The highest BCUT2D eigenvalue weighted by Crippen LogP contribution is 2.29. The van der Waals surface area contributed by atoms with Gasteiger partial charge in [-0.2, -0.15) is 15.1 Å². The zero-order valence-corrected chi connectivity index (χ0v) is 14.2. The van der Waals surface area contributed by atoms with Crippen molar-refractivity contribution in [1.29, 1.82) is 5.41 Å². The standard InChI is InChI=1S/C15H13BrN4OS/c1-2-3-12-19-20-13(17)11(14(21)18-15(20)22-12)8-9-4-6-10(16)7-5-9/h4-8,17H,2-3H2,1H3/b11-8-,17-13?. The number of fused-ring (bicyclic) bond motifs is 1. The first-order valence-electron chi connectivity index (χ1n) is 6.83. The van der Waals surface area contributed by atoms with Gasteiger partial charge in [-0.05, 0) is 48.4 Å². The molecule has 2 aliphatic heterocycles. The number of hydrogen-bond donors (Lipinski definition) is 1. The molecule has 1 amide bonds. The van der Waals surface area contributed by atoms with Crippen LogP contribution in [0.15, 0.2) is 44.4 Å². The zero-order valence-electron chi connectivity index (χ0n) is 11.8. The Balaban J connectivity index is 1.93. The zero-order chi connectivity index (χ0) is 15.7. The minimum absolute atomic E-state index is 0.0801. The highest BCUT2D eigenvalue weighted by Gasteiger charge is 2.35. The Bertz CT molecular complexity index is 736. The largest absolute Gasteiger partial charge is 0.283 e. The Morgan fingerprint density at radius 3 is 2.77 bits per heavy atom. The molecule has 112 valence electrons. The minimum Gasteiger partial charge on any atom is -0.282 e. The van der Waals surface area contributed by atoms with Crippen molar-refractivity contribution in [3.8, 4) is 0 Å². The molecule has 0 radical (unpaired) electrons. The Morgan fingerprint density at radius 1 is 1.36 bits per heavy atom. The maximum atomic E-state index is 12.2. The predicted octanol–water partition coefficient (Wildman–Crippen LogP) is 3.87. The maximum Gasteiger partial charge on any atom is 0.283 e. The van der Waals surface area contributed by atoms with Crippen LogP contribution in [0.25, 0.3) is 6.08 Å². The summed E-state index contributed by atoms with van der Waals surface area (Å²) >= 11 is 4.74. The van der Waals surface area contributed by atoms with Crippen LogP contribution < -0.4 is 0 Å². The fourth-order valence-corrected chi connectivity index (χ4v) is 3.32. The molecular formula is C15H13BrN4OS. The molecule has 7 heteroatoms. The summed E-state index contributed by atoms with van der Waals surface area (Å²) in [6, 6.07) is 7.53. The summed E-state index contributed by atoms with van der Waals surface area (Å²) in [5.41, 5.74) is 1.10. The summed E-state index contributed by atoms with van der Waals surface area (Å²) in [5, 5.41) is 15.4.